The average Bonchev–Trinajstić information content (AvgIpc) is 3.12. The summed E-state index contributed by atoms with van der Waals surface area (Å²) in [5, 5.41) is 2.98. The highest BCUT2D eigenvalue weighted by Crippen LogP contribution is 2.53. The van der Waals surface area contributed by atoms with E-state index in [4.69, 9.17) is 0 Å². The van der Waals surface area contributed by atoms with Crippen LogP contribution < -0.4 is 5.32 Å². The van der Waals surface area contributed by atoms with Crippen LogP contribution in [0.3, 0.4) is 0 Å². The number of nitrogens with one attached hydrogen (secondary N) is 1. The lowest BCUT2D eigenvalue weighted by molar-refractivity contribution is -0.116. The van der Waals surface area contributed by atoms with Gasteiger partial charge in [-0.15, -0.1) is 0 Å². The van der Waals surface area contributed by atoms with Gasteiger partial charge in [0.05, 0.1) is 6.54 Å². The quantitative estimate of drug-likeness (QED) is 0.772. The molecule has 2 aromatic rings. The van der Waals surface area contributed by atoms with Gasteiger partial charge in [0.15, 0.2) is 0 Å². The third-order valence-corrected chi connectivity index (χ3v) is 5.32. The lowest BCUT2D eigenvalue weighted by Gasteiger charge is -2.18. The van der Waals surface area contributed by atoms with Gasteiger partial charge in [-0.25, -0.2) is 9.97 Å². The van der Waals surface area contributed by atoms with E-state index < -0.39 is 0 Å². The Hall–Kier alpha value is -2.60. The number of rotatable bonds is 7. The zero-order chi connectivity index (χ0) is 17.8. The van der Waals surface area contributed by atoms with Gasteiger partial charge in [0, 0.05) is 50.5 Å². The second kappa shape index (κ2) is 7.74. The predicted octanol–water partition coefficient (Wildman–Crippen LogP) is 1.77. The molecule has 6 nitrogen and oxygen atoms in total. The molecule has 1 N–H and O–H groups in total. The fourth-order valence-electron chi connectivity index (χ4n) is 3.97. The van der Waals surface area contributed by atoms with Crippen LogP contribution in [0.4, 0.5) is 0 Å². The van der Waals surface area contributed by atoms with Gasteiger partial charge in [0.1, 0.15) is 5.82 Å². The van der Waals surface area contributed by atoms with Gasteiger partial charge >= 0.3 is 0 Å². The molecule has 1 aliphatic heterocycles. The summed E-state index contributed by atoms with van der Waals surface area (Å²) in [6.07, 6.45) is 11.5. The van der Waals surface area contributed by atoms with E-state index >= 15 is 0 Å². The largest absolute Gasteiger partial charge is 0.353 e. The second-order valence-electron chi connectivity index (χ2n) is 7.05. The summed E-state index contributed by atoms with van der Waals surface area (Å²) in [7, 11) is 0. The summed E-state index contributed by atoms with van der Waals surface area (Å²) >= 11 is 0. The zero-order valence-corrected chi connectivity index (χ0v) is 14.7. The fraction of sp³-hybridized carbons (Fsp3) is 0.400. The lowest BCUT2D eigenvalue weighted by atomic mass is 10.2. The molecular weight excluding hydrogens is 326 g/mol. The minimum absolute atomic E-state index is 0.0393. The van der Waals surface area contributed by atoms with E-state index in [1.807, 2.05) is 18.2 Å². The van der Waals surface area contributed by atoms with Crippen LogP contribution in [0.15, 0.2) is 49.1 Å². The fourth-order valence-corrected chi connectivity index (χ4v) is 3.97. The molecule has 26 heavy (non-hydrogen) atoms. The summed E-state index contributed by atoms with van der Waals surface area (Å²) in [5.74, 6) is 3.18. The average molecular weight is 349 g/mol. The summed E-state index contributed by atoms with van der Waals surface area (Å²) < 4.78 is 0. The van der Waals surface area contributed by atoms with Gasteiger partial charge in [-0.1, -0.05) is 6.07 Å². The Labute approximate surface area is 153 Å². The molecule has 3 atom stereocenters. The molecule has 2 fully saturated rings. The van der Waals surface area contributed by atoms with Crippen LogP contribution >= 0.6 is 0 Å². The van der Waals surface area contributed by atoms with E-state index in [9.17, 15) is 4.79 Å². The van der Waals surface area contributed by atoms with Gasteiger partial charge in [0.2, 0.25) is 5.91 Å². The molecule has 1 aliphatic carbocycles. The Balaban J connectivity index is 1.14. The first-order valence-electron chi connectivity index (χ1n) is 9.14. The van der Waals surface area contributed by atoms with E-state index in [2.05, 4.69) is 25.2 Å². The number of carbonyl (C=O) groups is 1. The molecule has 1 unspecified atom stereocenters. The van der Waals surface area contributed by atoms with Gasteiger partial charge < -0.3 is 5.32 Å². The Morgan fingerprint density at radius 3 is 2.73 bits per heavy atom. The standard InChI is InChI=1S/C20H23N5O/c26-20(5-4-15-3-1-7-21-11-15)24-10-6-16-17-12-25(13-18(16)17)14-19-22-8-2-9-23-19/h1-5,7-9,11,16-18H,6,10,12-14H2,(H,24,26)/b5-4+/t16?,17-,18+. The van der Waals surface area contributed by atoms with Crippen molar-refractivity contribution >= 4 is 12.0 Å². The Morgan fingerprint density at radius 1 is 1.19 bits per heavy atom. The van der Waals surface area contributed by atoms with Crippen molar-refractivity contribution in [1.29, 1.82) is 0 Å². The maximum atomic E-state index is 11.9. The first-order chi connectivity index (χ1) is 12.8. The molecule has 2 aromatic heterocycles. The van der Waals surface area contributed by atoms with Crippen LogP contribution in [-0.2, 0) is 11.3 Å². The maximum absolute atomic E-state index is 11.9. The van der Waals surface area contributed by atoms with Gasteiger partial charge in [-0.2, -0.15) is 0 Å². The van der Waals surface area contributed by atoms with Crippen molar-refractivity contribution in [2.75, 3.05) is 19.6 Å². The van der Waals surface area contributed by atoms with Gasteiger partial charge in [-0.3, -0.25) is 14.7 Å². The van der Waals surface area contributed by atoms with Crippen molar-refractivity contribution < 1.29 is 4.79 Å². The van der Waals surface area contributed by atoms with Crippen molar-refractivity contribution in [3.05, 3.63) is 60.5 Å². The number of piperidine rings is 1. The molecule has 4 rings (SSSR count). The van der Waals surface area contributed by atoms with Crippen LogP contribution in [0.1, 0.15) is 17.8 Å². The minimum Gasteiger partial charge on any atom is -0.353 e. The van der Waals surface area contributed by atoms with Crippen LogP contribution in [0.25, 0.3) is 6.08 Å². The van der Waals surface area contributed by atoms with Crippen molar-refractivity contribution in [2.24, 2.45) is 17.8 Å². The topological polar surface area (TPSA) is 71.0 Å². The number of hydrogen-bond acceptors (Lipinski definition) is 5. The number of carbonyl (C=O) groups excluding carboxylic acids is 1. The first-order valence-corrected chi connectivity index (χ1v) is 9.14. The molecule has 1 saturated heterocycles. The number of hydrogen-bond donors (Lipinski definition) is 1. The normalized spacial score (nSPS) is 24.5. The Morgan fingerprint density at radius 2 is 2.00 bits per heavy atom. The number of aromatic nitrogens is 3. The summed E-state index contributed by atoms with van der Waals surface area (Å²) in [4.78, 5) is 26.9. The van der Waals surface area contributed by atoms with Crippen LogP contribution in [0.5, 0.6) is 0 Å². The molecule has 0 bridgehead atoms. The molecule has 0 aromatic carbocycles. The van der Waals surface area contributed by atoms with Gasteiger partial charge in [-0.05, 0) is 47.9 Å². The van der Waals surface area contributed by atoms with E-state index in [1.165, 1.54) is 0 Å². The first kappa shape index (κ1) is 16.8. The SMILES string of the molecule is O=C(/C=C/c1cccnc1)NCCC1[C@H]2CN(Cc3ncccn3)C[C@@H]12. The van der Waals surface area contributed by atoms with Crippen molar-refractivity contribution in [3.63, 3.8) is 0 Å². The molecular formula is C20H23N5O. The lowest BCUT2D eigenvalue weighted by Crippen LogP contribution is -2.27. The van der Waals surface area contributed by atoms with E-state index in [0.717, 1.165) is 61.7 Å². The van der Waals surface area contributed by atoms with E-state index in [-0.39, 0.29) is 5.91 Å². The summed E-state index contributed by atoms with van der Waals surface area (Å²) in [6, 6.07) is 5.63. The smallest absolute Gasteiger partial charge is 0.244 e. The molecule has 1 saturated carbocycles. The molecule has 2 aliphatic rings. The highest BCUT2D eigenvalue weighted by molar-refractivity contribution is 5.91. The molecule has 134 valence electrons. The number of fused-ring (bicyclic) bond motifs is 1. The third kappa shape index (κ3) is 4.14. The van der Waals surface area contributed by atoms with Crippen LogP contribution in [0.2, 0.25) is 0 Å². The maximum Gasteiger partial charge on any atom is 0.244 e. The predicted molar refractivity (Wildman–Crippen MR) is 98.7 cm³/mol. The second-order valence-corrected chi connectivity index (χ2v) is 7.05. The number of amides is 1. The van der Waals surface area contributed by atoms with E-state index in [1.54, 1.807) is 36.9 Å². The highest BCUT2D eigenvalue weighted by Gasteiger charge is 2.54. The number of likely N-dealkylation sites (tertiary alicyclic amines) is 1. The monoisotopic (exact) mass is 349 g/mol. The highest BCUT2D eigenvalue weighted by atomic mass is 16.1. The third-order valence-electron chi connectivity index (χ3n) is 5.32. The Bertz CT molecular complexity index is 752. The van der Waals surface area contributed by atoms with Gasteiger partial charge in [0.25, 0.3) is 0 Å². The Kier molecular flexibility index (Phi) is 5.02. The summed E-state index contributed by atoms with van der Waals surface area (Å²) in [6.45, 7) is 3.84. The van der Waals surface area contributed by atoms with Crippen LogP contribution in [0, 0.1) is 17.8 Å². The molecule has 6 heteroatoms. The zero-order valence-electron chi connectivity index (χ0n) is 14.7. The molecule has 1 amide bonds. The molecule has 0 spiro atoms. The number of nitrogens with zero attached hydrogens (tertiary/aromatic N) is 4. The molecule has 0 radical (unpaired) electrons. The van der Waals surface area contributed by atoms with Crippen LogP contribution in [-0.4, -0.2) is 45.4 Å². The van der Waals surface area contributed by atoms with Crippen molar-refractivity contribution in [3.8, 4) is 0 Å². The summed E-state index contributed by atoms with van der Waals surface area (Å²) in [5.41, 5.74) is 0.932. The molecule has 3 heterocycles. The van der Waals surface area contributed by atoms with Crippen molar-refractivity contribution in [1.82, 2.24) is 25.2 Å². The van der Waals surface area contributed by atoms with E-state index in [0.29, 0.717) is 0 Å². The minimum atomic E-state index is -0.0393. The number of pyridine rings is 1. The van der Waals surface area contributed by atoms with Crippen molar-refractivity contribution in [2.45, 2.75) is 13.0 Å².